The fraction of sp³-hybridized carbons (Fsp3) is 0.923. The number of rotatable bonds is 1. The molecule has 0 amide bonds. The second kappa shape index (κ2) is 3.46. The zero-order chi connectivity index (χ0) is 12.1. The van der Waals surface area contributed by atoms with E-state index in [1.54, 1.807) is 0 Å². The van der Waals surface area contributed by atoms with Crippen molar-refractivity contribution < 1.29 is 14.3 Å². The normalized spacial score (nSPS) is 42.0. The highest BCUT2D eigenvalue weighted by molar-refractivity contribution is 5.75. The molecule has 16 heavy (non-hydrogen) atoms. The van der Waals surface area contributed by atoms with Crippen LogP contribution in [0.25, 0.3) is 0 Å². The van der Waals surface area contributed by atoms with Gasteiger partial charge in [0.1, 0.15) is 11.7 Å². The molecule has 0 aromatic carbocycles. The van der Waals surface area contributed by atoms with E-state index in [9.17, 15) is 4.79 Å². The third-order valence-corrected chi connectivity index (χ3v) is 4.00. The molecule has 3 aliphatic heterocycles. The van der Waals surface area contributed by atoms with E-state index in [1.807, 2.05) is 13.8 Å². The fourth-order valence-corrected chi connectivity index (χ4v) is 3.28. The topological polar surface area (TPSA) is 35.5 Å². The summed E-state index contributed by atoms with van der Waals surface area (Å²) < 4.78 is 11.8. The van der Waals surface area contributed by atoms with Gasteiger partial charge in [0.15, 0.2) is 0 Å². The molecule has 3 atom stereocenters. The summed E-state index contributed by atoms with van der Waals surface area (Å²) in [6, 6.07) is 0. The van der Waals surface area contributed by atoms with E-state index in [4.69, 9.17) is 9.47 Å². The van der Waals surface area contributed by atoms with Crippen LogP contribution >= 0.6 is 0 Å². The van der Waals surface area contributed by atoms with Crippen molar-refractivity contribution in [2.45, 2.75) is 64.8 Å². The van der Waals surface area contributed by atoms with Crippen molar-refractivity contribution in [2.75, 3.05) is 0 Å². The van der Waals surface area contributed by atoms with Gasteiger partial charge in [-0.1, -0.05) is 13.8 Å². The van der Waals surface area contributed by atoms with Crippen LogP contribution in [0.1, 0.15) is 47.5 Å². The minimum absolute atomic E-state index is 0.0788. The Morgan fingerprint density at radius 1 is 1.31 bits per heavy atom. The van der Waals surface area contributed by atoms with Crippen LogP contribution < -0.4 is 0 Å². The number of ether oxygens (including phenoxy) is 2. The average molecular weight is 226 g/mol. The molecular weight excluding hydrogens is 204 g/mol. The second-order valence-corrected chi connectivity index (χ2v) is 6.21. The summed E-state index contributed by atoms with van der Waals surface area (Å²) in [6.07, 6.45) is 1.67. The lowest BCUT2D eigenvalue weighted by Crippen LogP contribution is -2.53. The number of carbonyl (C=O) groups excluding carboxylic acids is 1. The number of esters is 1. The summed E-state index contributed by atoms with van der Waals surface area (Å²) >= 11 is 0. The Labute approximate surface area is 97.5 Å². The molecule has 3 saturated heterocycles. The van der Waals surface area contributed by atoms with Crippen LogP contribution in [0.5, 0.6) is 0 Å². The Morgan fingerprint density at radius 3 is 2.44 bits per heavy atom. The summed E-state index contributed by atoms with van der Waals surface area (Å²) in [7, 11) is 0. The predicted molar refractivity (Wildman–Crippen MR) is 61.0 cm³/mol. The third-order valence-electron chi connectivity index (χ3n) is 4.00. The van der Waals surface area contributed by atoms with E-state index in [0.29, 0.717) is 5.92 Å². The van der Waals surface area contributed by atoms with Crippen LogP contribution in [0.2, 0.25) is 0 Å². The van der Waals surface area contributed by atoms with Gasteiger partial charge in [0.25, 0.3) is 0 Å². The number of hydrogen-bond donors (Lipinski definition) is 0. The van der Waals surface area contributed by atoms with Gasteiger partial charge >= 0.3 is 5.97 Å². The molecular formula is C13H22O3. The number of fused-ring (bicyclic) bond motifs is 4. The van der Waals surface area contributed by atoms with Crippen molar-refractivity contribution in [1.29, 1.82) is 0 Å². The van der Waals surface area contributed by atoms with Crippen LogP contribution in [0.3, 0.4) is 0 Å². The van der Waals surface area contributed by atoms with Gasteiger partial charge in [-0.15, -0.1) is 0 Å². The van der Waals surface area contributed by atoms with E-state index in [-0.39, 0.29) is 23.6 Å². The van der Waals surface area contributed by atoms with Gasteiger partial charge in [0, 0.05) is 0 Å². The molecule has 3 heteroatoms. The first-order chi connectivity index (χ1) is 7.26. The smallest absolute Gasteiger partial charge is 0.312 e. The monoisotopic (exact) mass is 226 g/mol. The minimum Gasteiger partial charge on any atom is -0.459 e. The van der Waals surface area contributed by atoms with E-state index < -0.39 is 5.60 Å². The highest BCUT2D eigenvalue weighted by atomic mass is 16.6. The van der Waals surface area contributed by atoms with Crippen molar-refractivity contribution in [3.63, 3.8) is 0 Å². The van der Waals surface area contributed by atoms with Gasteiger partial charge in [0.05, 0.1) is 11.5 Å². The highest BCUT2D eigenvalue weighted by Gasteiger charge is 2.56. The minimum atomic E-state index is -0.395. The van der Waals surface area contributed by atoms with Crippen LogP contribution in [0.15, 0.2) is 0 Å². The third kappa shape index (κ3) is 1.65. The summed E-state index contributed by atoms with van der Waals surface area (Å²) in [5.41, 5.74) is -0.714. The summed E-state index contributed by atoms with van der Waals surface area (Å²) in [6.45, 7) is 10.2. The van der Waals surface area contributed by atoms with Crippen LogP contribution in [0.4, 0.5) is 0 Å². The fourth-order valence-electron chi connectivity index (χ4n) is 3.28. The molecule has 0 aromatic rings. The number of carbonyl (C=O) groups is 1. The summed E-state index contributed by atoms with van der Waals surface area (Å²) in [5.74, 6) is 0.107. The van der Waals surface area contributed by atoms with Crippen molar-refractivity contribution in [3.8, 4) is 0 Å². The molecule has 0 unspecified atom stereocenters. The van der Waals surface area contributed by atoms with Crippen LogP contribution in [-0.2, 0) is 14.3 Å². The van der Waals surface area contributed by atoms with Gasteiger partial charge < -0.3 is 9.47 Å². The molecule has 3 aliphatic rings. The van der Waals surface area contributed by atoms with Crippen molar-refractivity contribution in [2.24, 2.45) is 11.8 Å². The Bertz CT molecular complexity index is 308. The van der Waals surface area contributed by atoms with Gasteiger partial charge in [0.2, 0.25) is 0 Å². The average Bonchev–Trinajstić information content (AvgIpc) is 2.26. The quantitative estimate of drug-likeness (QED) is 0.644. The van der Waals surface area contributed by atoms with E-state index in [1.165, 1.54) is 0 Å². The second-order valence-electron chi connectivity index (χ2n) is 6.21. The molecule has 0 aromatic heterocycles. The molecule has 0 N–H and O–H groups in total. The van der Waals surface area contributed by atoms with Crippen LogP contribution in [-0.4, -0.2) is 23.3 Å². The van der Waals surface area contributed by atoms with E-state index in [0.717, 1.165) is 12.8 Å². The molecule has 0 radical (unpaired) electrons. The van der Waals surface area contributed by atoms with Crippen molar-refractivity contribution >= 4 is 5.97 Å². The van der Waals surface area contributed by atoms with Crippen LogP contribution in [0, 0.1) is 11.8 Å². The Morgan fingerprint density at radius 2 is 1.94 bits per heavy atom. The predicted octanol–water partition coefficient (Wildman–Crippen LogP) is 2.53. The number of hydrogen-bond acceptors (Lipinski definition) is 3. The molecule has 3 fully saturated rings. The SMILES string of the molecule is CC(C)[C@H]1OC(=O)[C@@H]2CC[C@]1(C)OC2(C)C. The zero-order valence-electron chi connectivity index (χ0n) is 10.9. The largest absolute Gasteiger partial charge is 0.459 e. The maximum Gasteiger partial charge on any atom is 0.312 e. The van der Waals surface area contributed by atoms with Gasteiger partial charge in [-0.2, -0.15) is 0 Å². The molecule has 0 aliphatic carbocycles. The van der Waals surface area contributed by atoms with Crippen molar-refractivity contribution in [3.05, 3.63) is 0 Å². The zero-order valence-corrected chi connectivity index (χ0v) is 10.9. The molecule has 92 valence electrons. The Kier molecular flexibility index (Phi) is 2.57. The maximum atomic E-state index is 12.0. The Hall–Kier alpha value is -0.570. The lowest BCUT2D eigenvalue weighted by Gasteiger charge is -2.45. The first-order valence-corrected chi connectivity index (χ1v) is 6.17. The lowest BCUT2D eigenvalue weighted by molar-refractivity contribution is -0.203. The summed E-state index contributed by atoms with van der Waals surface area (Å²) in [5, 5.41) is 0. The van der Waals surface area contributed by atoms with Gasteiger partial charge in [-0.3, -0.25) is 4.79 Å². The van der Waals surface area contributed by atoms with Crippen molar-refractivity contribution in [1.82, 2.24) is 0 Å². The van der Waals surface area contributed by atoms with Gasteiger partial charge in [-0.25, -0.2) is 0 Å². The highest BCUT2D eigenvalue weighted by Crippen LogP contribution is 2.47. The lowest BCUT2D eigenvalue weighted by atomic mass is 9.77. The summed E-state index contributed by atoms with van der Waals surface area (Å²) in [4.78, 5) is 12.0. The van der Waals surface area contributed by atoms with E-state index >= 15 is 0 Å². The standard InChI is InChI=1S/C13H22O3/c1-8(2)10-13(5)7-6-9(11(14)15-10)12(3,4)16-13/h8-10H,6-7H2,1-5H3/t9-,10+,13-/m0/s1. The van der Waals surface area contributed by atoms with Gasteiger partial charge in [-0.05, 0) is 39.5 Å². The molecule has 0 spiro atoms. The maximum absolute atomic E-state index is 12.0. The molecule has 0 saturated carbocycles. The first-order valence-electron chi connectivity index (χ1n) is 6.17. The molecule has 2 bridgehead atoms. The molecule has 3 nitrogen and oxygen atoms in total. The Balaban J connectivity index is 2.40. The first kappa shape index (κ1) is 11.9. The van der Waals surface area contributed by atoms with E-state index in [2.05, 4.69) is 20.8 Å². The molecule has 3 heterocycles. The molecule has 3 rings (SSSR count).